The van der Waals surface area contributed by atoms with Crippen molar-refractivity contribution in [2.24, 2.45) is 7.05 Å². The summed E-state index contributed by atoms with van der Waals surface area (Å²) in [5.41, 5.74) is 7.63. The first-order chi connectivity index (χ1) is 14.0. The Bertz CT molecular complexity index is 1220. The monoisotopic (exact) mass is 383 g/mol. The maximum atomic E-state index is 9.00. The minimum Gasteiger partial charge on any atom is -0.271 e. The molecule has 0 amide bonds. The van der Waals surface area contributed by atoms with Crippen molar-refractivity contribution in [3.8, 4) is 23.1 Å². The van der Waals surface area contributed by atoms with Gasteiger partial charge in [0.1, 0.15) is 6.33 Å². The Kier molecular flexibility index (Phi) is 4.69. The van der Waals surface area contributed by atoms with Crippen molar-refractivity contribution in [1.29, 1.82) is 5.26 Å². The first-order valence-corrected chi connectivity index (χ1v) is 9.34. The third kappa shape index (κ3) is 3.52. The van der Waals surface area contributed by atoms with Crippen LogP contribution < -0.4 is 0 Å². The van der Waals surface area contributed by atoms with Gasteiger partial charge in [0, 0.05) is 36.5 Å². The van der Waals surface area contributed by atoms with E-state index in [1.165, 1.54) is 0 Å². The van der Waals surface area contributed by atoms with E-state index in [1.54, 1.807) is 6.33 Å². The summed E-state index contributed by atoms with van der Waals surface area (Å²) in [6.07, 6.45) is 2.22. The molecule has 0 unspecified atom stereocenters. The summed E-state index contributed by atoms with van der Waals surface area (Å²) in [7, 11) is 1.94. The quantitative estimate of drug-likeness (QED) is 0.539. The smallest absolute Gasteiger partial charge is 0.157 e. The van der Waals surface area contributed by atoms with Gasteiger partial charge in [0.2, 0.25) is 0 Å². The van der Waals surface area contributed by atoms with Crippen LogP contribution in [0.5, 0.6) is 0 Å². The maximum absolute atomic E-state index is 9.00. The molecule has 3 aromatic heterocycles. The molecular weight excluding hydrogens is 362 g/mol. The average Bonchev–Trinajstić information content (AvgIpc) is 3.21. The van der Waals surface area contributed by atoms with E-state index in [1.807, 2.05) is 66.7 Å². The molecule has 4 rings (SSSR count). The van der Waals surface area contributed by atoms with Crippen molar-refractivity contribution >= 4 is 0 Å². The van der Waals surface area contributed by atoms with Crippen LogP contribution >= 0.6 is 0 Å². The normalized spacial score (nSPS) is 10.9. The van der Waals surface area contributed by atoms with E-state index in [0.29, 0.717) is 12.0 Å². The van der Waals surface area contributed by atoms with Crippen LogP contribution in [0.1, 0.15) is 33.9 Å². The molecule has 7 nitrogen and oxygen atoms in total. The van der Waals surface area contributed by atoms with Crippen molar-refractivity contribution in [2.45, 2.75) is 27.2 Å². The molecule has 144 valence electrons. The van der Waals surface area contributed by atoms with E-state index in [0.717, 1.165) is 45.4 Å². The summed E-state index contributed by atoms with van der Waals surface area (Å²) >= 11 is 0. The zero-order valence-corrected chi connectivity index (χ0v) is 16.9. The third-order valence-corrected chi connectivity index (χ3v) is 5.00. The lowest BCUT2D eigenvalue weighted by Crippen LogP contribution is -2.06. The molecule has 4 aromatic rings. The molecular formula is C22H21N7. The van der Waals surface area contributed by atoms with Gasteiger partial charge in [-0.2, -0.15) is 15.5 Å². The molecule has 0 aliphatic carbocycles. The van der Waals surface area contributed by atoms with Gasteiger partial charge in [-0.1, -0.05) is 12.1 Å². The molecule has 0 spiro atoms. The fourth-order valence-corrected chi connectivity index (χ4v) is 3.52. The van der Waals surface area contributed by atoms with Crippen molar-refractivity contribution in [2.75, 3.05) is 0 Å². The fraction of sp³-hybridized carbons (Fsp3) is 0.227. The highest BCUT2D eigenvalue weighted by Gasteiger charge is 2.16. The fourth-order valence-electron chi connectivity index (χ4n) is 3.52. The zero-order valence-electron chi connectivity index (χ0n) is 16.9. The van der Waals surface area contributed by atoms with Gasteiger partial charge in [-0.15, -0.1) is 0 Å². The summed E-state index contributed by atoms with van der Waals surface area (Å²) < 4.78 is 3.73. The van der Waals surface area contributed by atoms with Crippen LogP contribution in [0.2, 0.25) is 0 Å². The van der Waals surface area contributed by atoms with Crippen LogP contribution in [-0.4, -0.2) is 29.5 Å². The topological polar surface area (TPSA) is 85.2 Å². The molecule has 7 heteroatoms. The molecule has 0 N–H and O–H groups in total. The van der Waals surface area contributed by atoms with Crippen LogP contribution in [0.3, 0.4) is 0 Å². The average molecular weight is 383 g/mol. The number of rotatable bonds is 4. The summed E-state index contributed by atoms with van der Waals surface area (Å²) in [5, 5.41) is 18.2. The number of hydrogen-bond donors (Lipinski definition) is 0. The minimum absolute atomic E-state index is 0.639. The second-order valence-electron chi connectivity index (χ2n) is 7.12. The van der Waals surface area contributed by atoms with Crippen molar-refractivity contribution < 1.29 is 0 Å². The van der Waals surface area contributed by atoms with E-state index in [9.17, 15) is 0 Å². The highest BCUT2D eigenvalue weighted by Crippen LogP contribution is 2.26. The summed E-state index contributed by atoms with van der Waals surface area (Å²) in [5.74, 6) is 0.757. The highest BCUT2D eigenvalue weighted by atomic mass is 15.3. The Labute approximate surface area is 169 Å². The molecule has 29 heavy (non-hydrogen) atoms. The van der Waals surface area contributed by atoms with Gasteiger partial charge < -0.3 is 0 Å². The SMILES string of the molecule is Cc1cc(C)n(-c2cc(Cc3c(C)c(-c4ccc(C#N)cc4)nn3C)ncn2)n1. The predicted octanol–water partition coefficient (Wildman–Crippen LogP) is 3.45. The number of hydrogen-bond acceptors (Lipinski definition) is 5. The Balaban J connectivity index is 1.67. The number of aromatic nitrogens is 6. The van der Waals surface area contributed by atoms with E-state index in [2.05, 4.69) is 28.1 Å². The molecule has 0 radical (unpaired) electrons. The van der Waals surface area contributed by atoms with Gasteiger partial charge >= 0.3 is 0 Å². The van der Waals surface area contributed by atoms with E-state index in [4.69, 9.17) is 10.4 Å². The Morgan fingerprint density at radius 2 is 1.76 bits per heavy atom. The largest absolute Gasteiger partial charge is 0.271 e. The first-order valence-electron chi connectivity index (χ1n) is 9.34. The number of benzene rings is 1. The molecule has 0 saturated carbocycles. The van der Waals surface area contributed by atoms with Crippen molar-refractivity contribution in [3.05, 3.63) is 76.6 Å². The second-order valence-corrected chi connectivity index (χ2v) is 7.12. The Hall–Kier alpha value is -3.79. The molecule has 0 bridgehead atoms. The molecule has 1 aromatic carbocycles. The highest BCUT2D eigenvalue weighted by molar-refractivity contribution is 5.64. The Morgan fingerprint density at radius 3 is 2.41 bits per heavy atom. The van der Waals surface area contributed by atoms with E-state index in [-0.39, 0.29) is 0 Å². The lowest BCUT2D eigenvalue weighted by molar-refractivity contribution is 0.718. The third-order valence-electron chi connectivity index (χ3n) is 5.00. The van der Waals surface area contributed by atoms with Gasteiger partial charge in [-0.25, -0.2) is 14.6 Å². The summed E-state index contributed by atoms with van der Waals surface area (Å²) in [6, 6.07) is 13.6. The van der Waals surface area contributed by atoms with E-state index < -0.39 is 0 Å². The number of nitrogens with zero attached hydrogens (tertiary/aromatic N) is 7. The van der Waals surface area contributed by atoms with Crippen molar-refractivity contribution in [3.63, 3.8) is 0 Å². The molecule has 0 atom stereocenters. The Morgan fingerprint density at radius 1 is 1.00 bits per heavy atom. The van der Waals surface area contributed by atoms with Crippen LogP contribution in [0, 0.1) is 32.1 Å². The molecule has 0 fully saturated rings. The van der Waals surface area contributed by atoms with Gasteiger partial charge in [0.05, 0.1) is 28.7 Å². The van der Waals surface area contributed by atoms with Gasteiger partial charge in [-0.3, -0.25) is 4.68 Å². The van der Waals surface area contributed by atoms with Crippen LogP contribution in [0.15, 0.2) is 42.7 Å². The molecule has 0 saturated heterocycles. The lowest BCUT2D eigenvalue weighted by Gasteiger charge is -2.07. The van der Waals surface area contributed by atoms with Crippen LogP contribution in [-0.2, 0) is 13.5 Å². The second kappa shape index (κ2) is 7.32. The maximum Gasteiger partial charge on any atom is 0.157 e. The standard InChI is InChI=1S/C22H21N7/c1-14-9-15(2)29(26-14)21-11-19(24-13-25-21)10-20-16(3)22(27-28(20)4)18-7-5-17(12-23)6-8-18/h5-9,11,13H,10H2,1-4H3. The first kappa shape index (κ1) is 18.6. The number of nitriles is 1. The summed E-state index contributed by atoms with van der Waals surface area (Å²) in [6.45, 7) is 6.05. The summed E-state index contributed by atoms with van der Waals surface area (Å²) in [4.78, 5) is 8.83. The van der Waals surface area contributed by atoms with Gasteiger partial charge in [0.15, 0.2) is 5.82 Å². The lowest BCUT2D eigenvalue weighted by atomic mass is 10.0. The molecule has 0 aliphatic rings. The van der Waals surface area contributed by atoms with Gasteiger partial charge in [-0.05, 0) is 44.5 Å². The minimum atomic E-state index is 0.639. The molecule has 3 heterocycles. The van der Waals surface area contributed by atoms with Crippen molar-refractivity contribution in [1.82, 2.24) is 29.5 Å². The van der Waals surface area contributed by atoms with E-state index >= 15 is 0 Å². The van der Waals surface area contributed by atoms with Crippen LogP contribution in [0.25, 0.3) is 17.1 Å². The molecule has 0 aliphatic heterocycles. The zero-order chi connectivity index (χ0) is 20.5. The van der Waals surface area contributed by atoms with Crippen LogP contribution in [0.4, 0.5) is 0 Å². The number of aryl methyl sites for hydroxylation is 3. The predicted molar refractivity (Wildman–Crippen MR) is 110 cm³/mol. The van der Waals surface area contributed by atoms with Gasteiger partial charge in [0.25, 0.3) is 0 Å².